The van der Waals surface area contributed by atoms with Gasteiger partial charge in [0.15, 0.2) is 0 Å². The average Bonchev–Trinajstić information content (AvgIpc) is 2.95. The van der Waals surface area contributed by atoms with E-state index in [1.54, 1.807) is 0 Å². The van der Waals surface area contributed by atoms with Crippen molar-refractivity contribution < 1.29 is 4.79 Å². The van der Waals surface area contributed by atoms with Gasteiger partial charge in [-0.05, 0) is 46.2 Å². The molecule has 4 unspecified atom stereocenters. The van der Waals surface area contributed by atoms with Crippen LogP contribution in [0.5, 0.6) is 0 Å². The van der Waals surface area contributed by atoms with Gasteiger partial charge in [-0.1, -0.05) is 0 Å². The molecule has 3 aliphatic rings. The van der Waals surface area contributed by atoms with Crippen molar-refractivity contribution in [2.75, 3.05) is 26.2 Å². The highest BCUT2D eigenvalue weighted by Gasteiger charge is 2.40. The van der Waals surface area contributed by atoms with Gasteiger partial charge in [-0.2, -0.15) is 0 Å². The van der Waals surface area contributed by atoms with Crippen LogP contribution in [0.1, 0.15) is 33.1 Å². The summed E-state index contributed by atoms with van der Waals surface area (Å²) in [6.07, 6.45) is 3.59. The lowest BCUT2D eigenvalue weighted by atomic mass is 9.97. The SMILES string of the molecule is CC1NCCC1C(=O)N1CC2CCCN2CC1C. The maximum atomic E-state index is 12.7. The number of rotatable bonds is 1. The fourth-order valence-electron chi connectivity index (χ4n) is 3.90. The highest BCUT2D eigenvalue weighted by atomic mass is 16.2. The number of carbonyl (C=O) groups excluding carboxylic acids is 1. The summed E-state index contributed by atoms with van der Waals surface area (Å²) in [4.78, 5) is 17.4. The molecular formula is C14H25N3O. The largest absolute Gasteiger partial charge is 0.337 e. The first-order chi connectivity index (χ1) is 8.66. The van der Waals surface area contributed by atoms with Crippen LogP contribution in [0.2, 0.25) is 0 Å². The molecule has 3 fully saturated rings. The summed E-state index contributed by atoms with van der Waals surface area (Å²) in [6, 6.07) is 1.38. The van der Waals surface area contributed by atoms with Crippen molar-refractivity contribution in [3.63, 3.8) is 0 Å². The van der Waals surface area contributed by atoms with Gasteiger partial charge >= 0.3 is 0 Å². The molecule has 18 heavy (non-hydrogen) atoms. The Kier molecular flexibility index (Phi) is 3.32. The van der Waals surface area contributed by atoms with Gasteiger partial charge in [0.25, 0.3) is 0 Å². The molecular weight excluding hydrogens is 226 g/mol. The molecule has 0 aliphatic carbocycles. The van der Waals surface area contributed by atoms with E-state index in [2.05, 4.69) is 29.0 Å². The van der Waals surface area contributed by atoms with E-state index in [-0.39, 0.29) is 5.92 Å². The fraction of sp³-hybridized carbons (Fsp3) is 0.929. The molecule has 0 aromatic carbocycles. The zero-order chi connectivity index (χ0) is 12.7. The van der Waals surface area contributed by atoms with Crippen LogP contribution >= 0.6 is 0 Å². The predicted molar refractivity (Wildman–Crippen MR) is 71.3 cm³/mol. The molecule has 3 rings (SSSR count). The maximum Gasteiger partial charge on any atom is 0.227 e. The molecule has 0 radical (unpaired) electrons. The lowest BCUT2D eigenvalue weighted by Gasteiger charge is -2.43. The zero-order valence-corrected chi connectivity index (χ0v) is 11.6. The van der Waals surface area contributed by atoms with E-state index in [1.165, 1.54) is 19.4 Å². The molecule has 4 atom stereocenters. The lowest BCUT2D eigenvalue weighted by Crippen LogP contribution is -2.58. The predicted octanol–water partition coefficient (Wildman–Crippen LogP) is 0.680. The summed E-state index contributed by atoms with van der Waals surface area (Å²) in [7, 11) is 0. The highest BCUT2D eigenvalue weighted by molar-refractivity contribution is 5.80. The number of carbonyl (C=O) groups is 1. The van der Waals surface area contributed by atoms with Gasteiger partial charge in [-0.25, -0.2) is 0 Å². The number of nitrogens with zero attached hydrogens (tertiary/aromatic N) is 2. The molecule has 0 spiro atoms. The number of piperazine rings is 1. The van der Waals surface area contributed by atoms with Crippen LogP contribution in [0.4, 0.5) is 0 Å². The Balaban J connectivity index is 1.69. The smallest absolute Gasteiger partial charge is 0.227 e. The molecule has 0 aromatic rings. The van der Waals surface area contributed by atoms with Crippen LogP contribution in [0.15, 0.2) is 0 Å². The Morgan fingerprint density at radius 2 is 2.06 bits per heavy atom. The first-order valence-electron chi connectivity index (χ1n) is 7.44. The van der Waals surface area contributed by atoms with Gasteiger partial charge in [0.1, 0.15) is 0 Å². The molecule has 0 saturated carbocycles. The van der Waals surface area contributed by atoms with Gasteiger partial charge in [-0.15, -0.1) is 0 Å². The molecule has 0 bridgehead atoms. The van der Waals surface area contributed by atoms with E-state index in [9.17, 15) is 4.79 Å². The molecule has 3 heterocycles. The molecule has 102 valence electrons. The van der Waals surface area contributed by atoms with Crippen molar-refractivity contribution >= 4 is 5.91 Å². The Bertz CT molecular complexity index is 333. The third-order valence-corrected chi connectivity index (χ3v) is 5.06. The van der Waals surface area contributed by atoms with Crippen LogP contribution in [0, 0.1) is 5.92 Å². The summed E-state index contributed by atoms with van der Waals surface area (Å²) in [5.74, 6) is 0.604. The van der Waals surface area contributed by atoms with Crippen LogP contribution < -0.4 is 5.32 Å². The van der Waals surface area contributed by atoms with Crippen LogP contribution in [-0.2, 0) is 4.79 Å². The summed E-state index contributed by atoms with van der Waals surface area (Å²) in [5.41, 5.74) is 0. The van der Waals surface area contributed by atoms with Crippen molar-refractivity contribution in [1.82, 2.24) is 15.1 Å². The second-order valence-corrected chi connectivity index (χ2v) is 6.27. The minimum absolute atomic E-state index is 0.209. The second-order valence-electron chi connectivity index (χ2n) is 6.27. The first kappa shape index (κ1) is 12.4. The van der Waals surface area contributed by atoms with E-state index < -0.39 is 0 Å². The number of hydrogen-bond acceptors (Lipinski definition) is 3. The highest BCUT2D eigenvalue weighted by Crippen LogP contribution is 2.27. The van der Waals surface area contributed by atoms with Gasteiger partial charge in [-0.3, -0.25) is 9.69 Å². The van der Waals surface area contributed by atoms with Gasteiger partial charge < -0.3 is 10.2 Å². The van der Waals surface area contributed by atoms with Gasteiger partial charge in [0.05, 0.1) is 5.92 Å². The Hall–Kier alpha value is -0.610. The Labute approximate surface area is 110 Å². The molecule has 3 aliphatic heterocycles. The number of fused-ring (bicyclic) bond motifs is 1. The van der Waals surface area contributed by atoms with Crippen molar-refractivity contribution in [1.29, 1.82) is 0 Å². The van der Waals surface area contributed by atoms with Crippen molar-refractivity contribution in [2.45, 2.75) is 51.2 Å². The molecule has 1 amide bonds. The van der Waals surface area contributed by atoms with E-state index in [1.807, 2.05) is 0 Å². The van der Waals surface area contributed by atoms with Crippen LogP contribution in [0.25, 0.3) is 0 Å². The quantitative estimate of drug-likeness (QED) is 0.744. The maximum absolute atomic E-state index is 12.7. The summed E-state index contributed by atoms with van der Waals surface area (Å²) < 4.78 is 0. The van der Waals surface area contributed by atoms with Crippen LogP contribution in [-0.4, -0.2) is 60.0 Å². The molecule has 4 heteroatoms. The normalized spacial score (nSPS) is 41.1. The average molecular weight is 251 g/mol. The first-order valence-corrected chi connectivity index (χ1v) is 7.44. The summed E-state index contributed by atoms with van der Waals surface area (Å²) >= 11 is 0. The van der Waals surface area contributed by atoms with Gasteiger partial charge in [0, 0.05) is 31.2 Å². The van der Waals surface area contributed by atoms with Crippen molar-refractivity contribution in [3.05, 3.63) is 0 Å². The topological polar surface area (TPSA) is 35.6 Å². The standard InChI is InChI=1S/C14H25N3O/c1-10-8-16-7-3-4-12(16)9-17(10)14(18)13-5-6-15-11(13)2/h10-13,15H,3-9H2,1-2H3. The fourth-order valence-corrected chi connectivity index (χ4v) is 3.90. The summed E-state index contributed by atoms with van der Waals surface area (Å²) in [5, 5.41) is 3.39. The third kappa shape index (κ3) is 2.05. The summed E-state index contributed by atoms with van der Waals surface area (Å²) in [6.45, 7) is 8.62. The van der Waals surface area contributed by atoms with E-state index in [4.69, 9.17) is 0 Å². The van der Waals surface area contributed by atoms with E-state index >= 15 is 0 Å². The number of nitrogens with one attached hydrogen (secondary N) is 1. The van der Waals surface area contributed by atoms with E-state index in [0.29, 0.717) is 24.0 Å². The van der Waals surface area contributed by atoms with Gasteiger partial charge in [0.2, 0.25) is 5.91 Å². The Morgan fingerprint density at radius 3 is 2.78 bits per heavy atom. The minimum Gasteiger partial charge on any atom is -0.337 e. The third-order valence-electron chi connectivity index (χ3n) is 5.06. The Morgan fingerprint density at radius 1 is 1.22 bits per heavy atom. The second kappa shape index (κ2) is 4.82. The number of amides is 1. The zero-order valence-electron chi connectivity index (χ0n) is 11.6. The number of hydrogen-bond donors (Lipinski definition) is 1. The van der Waals surface area contributed by atoms with Crippen molar-refractivity contribution in [3.8, 4) is 0 Å². The minimum atomic E-state index is 0.209. The molecule has 3 saturated heterocycles. The molecule has 0 aromatic heterocycles. The molecule has 4 nitrogen and oxygen atoms in total. The monoisotopic (exact) mass is 251 g/mol. The molecule has 1 N–H and O–H groups in total. The lowest BCUT2D eigenvalue weighted by molar-refractivity contribution is -0.141. The van der Waals surface area contributed by atoms with Crippen LogP contribution in [0.3, 0.4) is 0 Å². The van der Waals surface area contributed by atoms with Crippen molar-refractivity contribution in [2.24, 2.45) is 5.92 Å². The van der Waals surface area contributed by atoms with E-state index in [0.717, 1.165) is 26.1 Å².